The Bertz CT molecular complexity index is 855. The average Bonchev–Trinajstić information content (AvgIpc) is 2.58. The van der Waals surface area contributed by atoms with E-state index < -0.39 is 8.07 Å². The maximum atomic E-state index is 2.48. The molecule has 0 aliphatic rings. The van der Waals surface area contributed by atoms with Crippen LogP contribution >= 0.6 is 45.2 Å². The van der Waals surface area contributed by atoms with Crippen molar-refractivity contribution >= 4 is 69.3 Å². The van der Waals surface area contributed by atoms with Crippen LogP contribution in [0.4, 0.5) is 0 Å². The molecule has 0 bridgehead atoms. The zero-order valence-corrected chi connectivity index (χ0v) is 20.7. The minimum Gasteiger partial charge on any atom is -0.0656 e. The van der Waals surface area contributed by atoms with E-state index in [9.17, 15) is 0 Å². The zero-order chi connectivity index (χ0) is 18.0. The van der Waals surface area contributed by atoms with Gasteiger partial charge < -0.3 is 0 Å². The van der Waals surface area contributed by atoms with Crippen LogP contribution in [-0.4, -0.2) is 8.07 Å². The van der Waals surface area contributed by atoms with Crippen LogP contribution in [0.25, 0.3) is 0 Å². The lowest BCUT2D eigenvalue weighted by Gasteiger charge is -2.17. The topological polar surface area (TPSA) is 0 Å². The van der Waals surface area contributed by atoms with E-state index in [4.69, 9.17) is 0 Å². The van der Waals surface area contributed by atoms with Crippen LogP contribution in [-0.2, 0) is 10.9 Å². The third-order valence-corrected chi connectivity index (χ3v) is 10.3. The second kappa shape index (κ2) is 8.15. The van der Waals surface area contributed by atoms with E-state index in [0.29, 0.717) is 0 Å². The molecule has 4 heteroatoms. The number of benzene rings is 3. The minimum atomic E-state index is -1.27. The molecule has 0 amide bonds. The summed E-state index contributed by atoms with van der Waals surface area (Å²) in [5, 5.41) is 1.52. The molecule has 0 saturated heterocycles. The Balaban J connectivity index is 2.12. The van der Waals surface area contributed by atoms with E-state index in [1.807, 2.05) is 0 Å². The van der Waals surface area contributed by atoms with Crippen molar-refractivity contribution in [3.8, 4) is 0 Å². The maximum absolute atomic E-state index is 2.48. The van der Waals surface area contributed by atoms with Crippen LogP contribution in [0.3, 0.4) is 0 Å². The van der Waals surface area contributed by atoms with Crippen molar-refractivity contribution in [2.45, 2.75) is 34.3 Å². The molecule has 0 saturated carbocycles. The van der Waals surface area contributed by atoms with Crippen LogP contribution < -0.4 is 5.19 Å². The summed E-state index contributed by atoms with van der Waals surface area (Å²) in [4.78, 5) is 4.18. The van der Waals surface area contributed by atoms with E-state index >= 15 is 0 Å². The molecule has 0 aliphatic carbocycles. The van der Waals surface area contributed by atoms with Crippen molar-refractivity contribution < 1.29 is 0 Å². The molecule has 0 aromatic heterocycles. The predicted molar refractivity (Wildman–Crippen MR) is 130 cm³/mol. The average molecular weight is 587 g/mol. The summed E-state index contributed by atoms with van der Waals surface area (Å²) < 4.78 is 2.63. The molecule has 0 N–H and O–H groups in total. The Labute approximate surface area is 182 Å². The van der Waals surface area contributed by atoms with Gasteiger partial charge in [0.25, 0.3) is 0 Å². The van der Waals surface area contributed by atoms with Crippen LogP contribution in [0.1, 0.15) is 0 Å². The Kier molecular flexibility index (Phi) is 6.34. The molecule has 25 heavy (non-hydrogen) atoms. The van der Waals surface area contributed by atoms with E-state index in [2.05, 4.69) is 138 Å². The van der Waals surface area contributed by atoms with Gasteiger partial charge in [-0.25, -0.2) is 0 Å². The van der Waals surface area contributed by atoms with Gasteiger partial charge in [-0.3, -0.25) is 0 Å². The standard InChI is InChI=1S/C21H21I2SSi/c1-25(2,3)19-12-10-18(11-13-19)24(17-7-5-4-6-8-17)21-14-9-16(22)15-20(21)23/h4-15H,1-3H3/q+1. The van der Waals surface area contributed by atoms with E-state index in [0.717, 1.165) is 0 Å². The van der Waals surface area contributed by atoms with Gasteiger partial charge in [-0.2, -0.15) is 0 Å². The van der Waals surface area contributed by atoms with Crippen LogP contribution in [0.5, 0.6) is 0 Å². The SMILES string of the molecule is C[Si](C)(C)c1ccc([S+](c2ccccc2)c2ccc(I)cc2I)cc1. The van der Waals surface area contributed by atoms with Crippen LogP contribution in [0, 0.1) is 7.14 Å². The smallest absolute Gasteiger partial charge is 0.0656 e. The Hall–Kier alpha value is -0.313. The van der Waals surface area contributed by atoms with Gasteiger partial charge in [-0.15, -0.1) is 0 Å². The Morgan fingerprint density at radius 1 is 0.720 bits per heavy atom. The molecule has 0 aliphatic heterocycles. The normalized spacial score (nSPS) is 12.8. The molecule has 1 unspecified atom stereocenters. The molecule has 3 aromatic carbocycles. The first-order valence-corrected chi connectivity index (χ1v) is 15.1. The first-order chi connectivity index (χ1) is 11.9. The van der Waals surface area contributed by atoms with Gasteiger partial charge in [-0.1, -0.05) is 55.2 Å². The lowest BCUT2D eigenvalue weighted by Crippen LogP contribution is -2.37. The Morgan fingerprint density at radius 3 is 1.88 bits per heavy atom. The van der Waals surface area contributed by atoms with Gasteiger partial charge >= 0.3 is 0 Å². The third-order valence-electron chi connectivity index (χ3n) is 4.05. The largest absolute Gasteiger partial charge is 0.179 e. The van der Waals surface area contributed by atoms with E-state index in [-0.39, 0.29) is 10.9 Å². The van der Waals surface area contributed by atoms with Crippen LogP contribution in [0.15, 0.2) is 87.5 Å². The van der Waals surface area contributed by atoms with Crippen molar-refractivity contribution in [1.82, 2.24) is 0 Å². The summed E-state index contributed by atoms with van der Waals surface area (Å²) in [7, 11) is -1.33. The molecule has 0 heterocycles. The monoisotopic (exact) mass is 587 g/mol. The first kappa shape index (κ1) is 19.4. The lowest BCUT2D eigenvalue weighted by molar-refractivity contribution is 1.29. The molecule has 0 radical (unpaired) electrons. The number of halogens is 2. The van der Waals surface area contributed by atoms with Gasteiger partial charge in [0, 0.05) is 3.57 Å². The summed E-state index contributed by atoms with van der Waals surface area (Å²) in [5.41, 5.74) is 0. The second-order valence-electron chi connectivity index (χ2n) is 6.97. The van der Waals surface area contributed by atoms with Gasteiger partial charge in [0.05, 0.1) is 11.6 Å². The quantitative estimate of drug-likeness (QED) is 0.185. The Morgan fingerprint density at radius 2 is 1.32 bits per heavy atom. The van der Waals surface area contributed by atoms with E-state index in [1.54, 1.807) is 0 Å². The predicted octanol–water partition coefficient (Wildman–Crippen LogP) is 6.54. The number of hydrogen-bond acceptors (Lipinski definition) is 0. The fourth-order valence-corrected chi connectivity index (χ4v) is 8.18. The number of rotatable bonds is 4. The van der Waals surface area contributed by atoms with E-state index in [1.165, 1.54) is 27.0 Å². The summed E-state index contributed by atoms with van der Waals surface area (Å²) in [5.74, 6) is 0. The summed E-state index contributed by atoms with van der Waals surface area (Å²) in [6, 6.07) is 27.1. The molecule has 0 fully saturated rings. The molecule has 0 nitrogen and oxygen atoms in total. The molecule has 0 spiro atoms. The highest BCUT2D eigenvalue weighted by Gasteiger charge is 2.31. The first-order valence-electron chi connectivity index (χ1n) is 8.21. The fraction of sp³-hybridized carbons (Fsp3) is 0.143. The summed E-state index contributed by atoms with van der Waals surface area (Å²) in [6.07, 6.45) is 0. The van der Waals surface area contributed by atoms with Gasteiger partial charge in [0.15, 0.2) is 14.7 Å². The molecule has 1 atom stereocenters. The minimum absolute atomic E-state index is 0.0649. The maximum Gasteiger partial charge on any atom is 0.179 e. The van der Waals surface area contributed by atoms with Crippen molar-refractivity contribution in [2.24, 2.45) is 0 Å². The second-order valence-corrected chi connectivity index (χ2v) is 16.4. The highest BCUT2D eigenvalue weighted by atomic mass is 127. The van der Waals surface area contributed by atoms with Crippen molar-refractivity contribution in [2.75, 3.05) is 0 Å². The molecule has 128 valence electrons. The third kappa shape index (κ3) is 4.70. The lowest BCUT2D eigenvalue weighted by atomic mass is 10.3. The van der Waals surface area contributed by atoms with Gasteiger partial charge in [-0.05, 0) is 87.6 Å². The molecule has 3 aromatic rings. The van der Waals surface area contributed by atoms with Crippen LogP contribution in [0.2, 0.25) is 19.6 Å². The summed E-state index contributed by atoms with van der Waals surface area (Å²) >= 11 is 4.87. The van der Waals surface area contributed by atoms with Gasteiger partial charge in [0.2, 0.25) is 0 Å². The van der Waals surface area contributed by atoms with Crippen molar-refractivity contribution in [3.63, 3.8) is 0 Å². The summed E-state index contributed by atoms with van der Waals surface area (Å²) in [6.45, 7) is 7.21. The molecular weight excluding hydrogens is 566 g/mol. The van der Waals surface area contributed by atoms with Gasteiger partial charge in [0.1, 0.15) is 10.9 Å². The number of hydrogen-bond donors (Lipinski definition) is 0. The molecule has 3 rings (SSSR count). The fourth-order valence-electron chi connectivity index (χ4n) is 2.68. The van der Waals surface area contributed by atoms with Crippen molar-refractivity contribution in [1.29, 1.82) is 0 Å². The zero-order valence-electron chi connectivity index (χ0n) is 14.6. The highest BCUT2D eigenvalue weighted by Crippen LogP contribution is 2.34. The molecular formula is C21H21I2SSi+. The van der Waals surface area contributed by atoms with Crippen molar-refractivity contribution in [3.05, 3.63) is 79.9 Å². The highest BCUT2D eigenvalue weighted by molar-refractivity contribution is 14.1.